The van der Waals surface area contributed by atoms with E-state index in [-0.39, 0.29) is 67.2 Å². The van der Waals surface area contributed by atoms with E-state index in [1.54, 1.807) is 43.6 Å². The molecule has 0 unspecified atom stereocenters. The van der Waals surface area contributed by atoms with E-state index in [1.165, 1.54) is 9.08 Å². The van der Waals surface area contributed by atoms with Gasteiger partial charge in [-0.3, -0.25) is 19.5 Å². The summed E-state index contributed by atoms with van der Waals surface area (Å²) in [5.41, 5.74) is -0.00182. The van der Waals surface area contributed by atoms with Crippen LogP contribution in [0.5, 0.6) is 0 Å². The number of alkyl halides is 3. The van der Waals surface area contributed by atoms with Gasteiger partial charge in [-0.05, 0) is 90.5 Å². The van der Waals surface area contributed by atoms with Gasteiger partial charge in [-0.15, -0.1) is 5.10 Å². The molecule has 2 N–H and O–H groups in total. The molecule has 0 spiro atoms. The Labute approximate surface area is 450 Å². The van der Waals surface area contributed by atoms with E-state index in [0.717, 1.165) is 27.8 Å². The molecule has 0 radical (unpaired) electrons. The molecule has 78 heavy (non-hydrogen) atoms. The lowest BCUT2D eigenvalue weighted by Gasteiger charge is -2.37. The van der Waals surface area contributed by atoms with Crippen LogP contribution in [0.3, 0.4) is 0 Å². The van der Waals surface area contributed by atoms with E-state index in [1.807, 2.05) is 43.6 Å². The van der Waals surface area contributed by atoms with Gasteiger partial charge in [0.25, 0.3) is 16.9 Å². The fourth-order valence-corrected chi connectivity index (χ4v) is 9.48. The zero-order chi connectivity index (χ0) is 56.4. The first-order chi connectivity index (χ1) is 36.8. The van der Waals surface area contributed by atoms with E-state index in [2.05, 4.69) is 30.5 Å². The van der Waals surface area contributed by atoms with Crippen LogP contribution in [0.2, 0.25) is 5.02 Å². The molecule has 2 saturated heterocycles. The van der Waals surface area contributed by atoms with Gasteiger partial charge < -0.3 is 48.4 Å². The Hall–Kier alpha value is -7.06. The molecule has 9 rings (SSSR count). The van der Waals surface area contributed by atoms with Crippen LogP contribution < -0.4 is 26.2 Å². The highest BCUT2D eigenvalue weighted by atomic mass is 35.5. The maximum absolute atomic E-state index is 14.3. The summed E-state index contributed by atoms with van der Waals surface area (Å²) in [5.74, 6) is -0.993. The highest BCUT2D eigenvalue weighted by molar-refractivity contribution is 6.33. The number of hydrogen-bond acceptors (Lipinski definition) is 15. The topological polar surface area (TPSA) is 228 Å². The first kappa shape index (κ1) is 57.1. The number of piperazine rings is 2. The van der Waals surface area contributed by atoms with Crippen molar-refractivity contribution in [3.05, 3.63) is 84.4 Å². The van der Waals surface area contributed by atoms with Crippen LogP contribution >= 0.6 is 11.6 Å². The molecule has 4 aliphatic rings. The van der Waals surface area contributed by atoms with Gasteiger partial charge in [-0.2, -0.15) is 32.2 Å². The fourth-order valence-electron chi connectivity index (χ4n) is 9.27. The lowest BCUT2D eigenvalue weighted by molar-refractivity contribution is -0.140. The Morgan fingerprint density at radius 3 is 1.83 bits per heavy atom. The van der Waals surface area contributed by atoms with Crippen LogP contribution in [-0.4, -0.2) is 157 Å². The van der Waals surface area contributed by atoms with Crippen LogP contribution in [0, 0.1) is 5.82 Å². The summed E-state index contributed by atoms with van der Waals surface area (Å²) in [5, 5.41) is 9.48. The summed E-state index contributed by atoms with van der Waals surface area (Å²) in [6.07, 6.45) is 0.146. The molecule has 5 aromatic rings. The molecular weight excluding hydrogens is 1050 g/mol. The van der Waals surface area contributed by atoms with E-state index in [0.29, 0.717) is 101 Å². The van der Waals surface area contributed by atoms with Gasteiger partial charge in [0.2, 0.25) is 11.7 Å². The third kappa shape index (κ3) is 12.9. The van der Waals surface area contributed by atoms with Crippen molar-refractivity contribution in [1.82, 2.24) is 48.5 Å². The number of carbonyl (C=O) groups is 3. The number of aryl methyl sites for hydroxylation is 1. The Morgan fingerprint density at radius 1 is 0.756 bits per heavy atom. The molecule has 422 valence electrons. The van der Waals surface area contributed by atoms with Gasteiger partial charge >= 0.3 is 18.4 Å². The van der Waals surface area contributed by atoms with E-state index in [9.17, 15) is 41.5 Å². The number of amides is 3. The monoisotopic (exact) mass is 1110 g/mol. The standard InChI is InChI=1S/C30H34ClF4N7O5.C21H30N6O4/c1-5-22-24(39-8-10-40(11-9-39)28(45)47-29(2,3)4)26(44)42-27(37-25(38-42)17-6-12-46-13-7-17)41(22)16-23(43)36-21-15-20(32)18(14-19(21)31)30(33,34)35;1-5-15-16(25-8-10-26(11-9-25)20(29)31-21(2,3)4)18(28)27-19(22-15)23-17(24-27)14-6-12-30-13-7-14/h6,14-15H,5,7-13,16H2,1-4H3,(H,36,43);6H,5,7-13H2,1-4H3,(H,22,23,24). The summed E-state index contributed by atoms with van der Waals surface area (Å²) >= 11 is 6.00. The van der Waals surface area contributed by atoms with Crippen molar-refractivity contribution < 1.29 is 50.9 Å². The average Bonchev–Trinajstić information content (AvgIpc) is 4.13. The molecule has 2 fully saturated rings. The summed E-state index contributed by atoms with van der Waals surface area (Å²) < 4.78 is 79.5. The molecule has 27 heteroatoms. The Bertz CT molecular complexity index is 3270. The zero-order valence-electron chi connectivity index (χ0n) is 44.8. The summed E-state index contributed by atoms with van der Waals surface area (Å²) in [6, 6.07) is 0.913. The second kappa shape index (κ2) is 23.1. The van der Waals surface area contributed by atoms with Crippen LogP contribution in [0.25, 0.3) is 22.7 Å². The molecule has 0 aliphatic carbocycles. The second-order valence-electron chi connectivity index (χ2n) is 20.8. The number of H-pyrrole nitrogens is 1. The fraction of sp³-hybridized carbons (Fsp3) is 0.549. The molecular formula is C51H64ClF4N13O9. The van der Waals surface area contributed by atoms with Crippen molar-refractivity contribution in [3.63, 3.8) is 0 Å². The van der Waals surface area contributed by atoms with Crippen LogP contribution in [0.4, 0.5) is 44.2 Å². The average molecular weight is 1110 g/mol. The first-order valence-electron chi connectivity index (χ1n) is 25.7. The van der Waals surface area contributed by atoms with Crippen molar-refractivity contribution in [2.75, 3.05) is 93.9 Å². The van der Waals surface area contributed by atoms with Crippen LogP contribution in [0.1, 0.15) is 96.8 Å². The van der Waals surface area contributed by atoms with Gasteiger partial charge in [0.15, 0.2) is 11.6 Å². The summed E-state index contributed by atoms with van der Waals surface area (Å²) in [4.78, 5) is 86.7. The molecule has 4 aliphatic heterocycles. The summed E-state index contributed by atoms with van der Waals surface area (Å²) in [6.45, 7) is 19.3. The summed E-state index contributed by atoms with van der Waals surface area (Å²) in [7, 11) is 0. The zero-order valence-corrected chi connectivity index (χ0v) is 45.6. The number of aromatic nitrogens is 8. The van der Waals surface area contributed by atoms with Gasteiger partial charge in [0, 0.05) is 52.4 Å². The quantitative estimate of drug-likeness (QED) is 0.148. The van der Waals surface area contributed by atoms with Gasteiger partial charge in [0.05, 0.1) is 54.1 Å². The third-order valence-corrected chi connectivity index (χ3v) is 13.3. The predicted molar refractivity (Wildman–Crippen MR) is 282 cm³/mol. The van der Waals surface area contributed by atoms with Gasteiger partial charge in [-0.25, -0.2) is 19.0 Å². The second-order valence-corrected chi connectivity index (χ2v) is 21.2. The first-order valence-corrected chi connectivity index (χ1v) is 26.1. The minimum atomic E-state index is -4.98. The number of fused-ring (bicyclic) bond motifs is 2. The molecule has 0 atom stereocenters. The molecule has 3 amide bonds. The number of halogens is 5. The largest absolute Gasteiger partial charge is 0.444 e. The number of hydrogen-bond donors (Lipinski definition) is 2. The number of aromatic amines is 1. The molecule has 0 bridgehead atoms. The molecule has 1 aromatic carbocycles. The van der Waals surface area contributed by atoms with E-state index in [4.69, 9.17) is 30.5 Å². The van der Waals surface area contributed by atoms with Crippen molar-refractivity contribution in [3.8, 4) is 0 Å². The minimum absolute atomic E-state index is 0.0604. The normalized spacial score (nSPS) is 16.7. The van der Waals surface area contributed by atoms with Gasteiger partial charge in [-0.1, -0.05) is 37.6 Å². The maximum Gasteiger partial charge on any atom is 0.419 e. The lowest BCUT2D eigenvalue weighted by Crippen LogP contribution is -2.51. The third-order valence-electron chi connectivity index (χ3n) is 13.0. The number of benzene rings is 1. The van der Waals surface area contributed by atoms with Crippen molar-refractivity contribution in [1.29, 1.82) is 0 Å². The number of anilines is 3. The Kier molecular flexibility index (Phi) is 16.9. The molecule has 4 aromatic heterocycles. The van der Waals surface area contributed by atoms with E-state index < -0.39 is 57.9 Å². The number of nitrogens with zero attached hydrogens (tertiary/aromatic N) is 11. The number of rotatable bonds is 9. The van der Waals surface area contributed by atoms with Crippen molar-refractivity contribution in [2.24, 2.45) is 0 Å². The minimum Gasteiger partial charge on any atom is -0.444 e. The van der Waals surface area contributed by atoms with E-state index >= 15 is 0 Å². The smallest absolute Gasteiger partial charge is 0.419 e. The van der Waals surface area contributed by atoms with Gasteiger partial charge in [0.1, 0.15) is 34.9 Å². The highest BCUT2D eigenvalue weighted by Crippen LogP contribution is 2.36. The Balaban J connectivity index is 0.000000224. The number of nitrogens with one attached hydrogen (secondary N) is 2. The predicted octanol–water partition coefficient (Wildman–Crippen LogP) is 6.61. The highest BCUT2D eigenvalue weighted by Gasteiger charge is 2.36. The van der Waals surface area contributed by atoms with Crippen molar-refractivity contribution in [2.45, 2.75) is 105 Å². The van der Waals surface area contributed by atoms with Crippen LogP contribution in [-0.2, 0) is 49.3 Å². The lowest BCUT2D eigenvalue weighted by atomic mass is 10.1. The van der Waals surface area contributed by atoms with Crippen LogP contribution in [0.15, 0.2) is 33.9 Å². The maximum atomic E-state index is 14.3. The number of ether oxygens (including phenoxy) is 4. The molecule has 8 heterocycles. The SMILES string of the molecule is CCc1c(N2CCN(C(=O)OC(C)(C)C)CC2)c(=O)n2nc(C3=CCOCC3)nc2n1CC(=O)Nc1cc(F)c(C(F)(F)F)cc1Cl.CCc1nc2nc(C3=CCOCC3)[nH]n2c(=O)c1N1CCN(C(=O)OC(C)(C)C)CC1. The number of carbonyl (C=O) groups excluding carboxylic acids is 3. The Morgan fingerprint density at radius 2 is 1.32 bits per heavy atom. The molecule has 22 nitrogen and oxygen atoms in total. The molecule has 0 saturated carbocycles. The van der Waals surface area contributed by atoms with Crippen molar-refractivity contribution >= 4 is 69.5 Å².